The van der Waals surface area contributed by atoms with E-state index < -0.39 is 0 Å². The number of aliphatic imine (C=N–C) groups is 1. The molecule has 5 nitrogen and oxygen atoms in total. The lowest BCUT2D eigenvalue weighted by Gasteiger charge is -2.31. The number of halogens is 2. The minimum atomic E-state index is -0.280. The maximum Gasteiger partial charge on any atom is 0.286 e. The lowest BCUT2D eigenvalue weighted by molar-refractivity contribution is -0.123. The highest BCUT2D eigenvalue weighted by atomic mass is 35.5. The Labute approximate surface area is 153 Å². The van der Waals surface area contributed by atoms with Gasteiger partial charge in [0.2, 0.25) is 5.91 Å². The van der Waals surface area contributed by atoms with Crippen LogP contribution in [0.1, 0.15) is 18.4 Å². The summed E-state index contributed by atoms with van der Waals surface area (Å²) in [5, 5.41) is 1.69. The fraction of sp³-hybridized carbons (Fsp3) is 0.312. The van der Waals surface area contributed by atoms with Gasteiger partial charge in [-0.3, -0.25) is 9.59 Å². The monoisotopic (exact) mass is 383 g/mol. The Kier molecular flexibility index (Phi) is 5.18. The van der Waals surface area contributed by atoms with Crippen molar-refractivity contribution in [2.24, 2.45) is 16.6 Å². The molecule has 1 aromatic rings. The smallest absolute Gasteiger partial charge is 0.286 e. The van der Waals surface area contributed by atoms with Crippen LogP contribution in [0.15, 0.2) is 28.1 Å². The standard InChI is InChI=1S/C16H15Cl2N3O2S/c17-11-2-1-10(12(18)8-11)7-13-15(23)20-16(24-13)21-5-3-9(4-6-21)14(19)22/h1-2,7-9H,3-6H2,(H2,19,22)/b13-7-. The predicted molar refractivity (Wildman–Crippen MR) is 98.0 cm³/mol. The van der Waals surface area contributed by atoms with Gasteiger partial charge in [0.1, 0.15) is 0 Å². The molecule has 0 aromatic heterocycles. The number of carbonyl (C=O) groups excluding carboxylic acids is 2. The van der Waals surface area contributed by atoms with Crippen molar-refractivity contribution in [1.82, 2.24) is 4.90 Å². The molecule has 0 saturated carbocycles. The van der Waals surface area contributed by atoms with Crippen LogP contribution >= 0.6 is 35.0 Å². The highest BCUT2D eigenvalue weighted by Gasteiger charge is 2.30. The SMILES string of the molecule is NC(=O)C1CCN(C2=NC(=O)/C(=C/c3ccc(Cl)cc3Cl)S2)CC1. The summed E-state index contributed by atoms with van der Waals surface area (Å²) in [6, 6.07) is 5.12. The molecule has 0 radical (unpaired) electrons. The van der Waals surface area contributed by atoms with Crippen LogP contribution in [0.5, 0.6) is 0 Å². The molecule has 126 valence electrons. The average Bonchev–Trinajstić information content (AvgIpc) is 2.91. The molecular formula is C16H15Cl2N3O2S. The van der Waals surface area contributed by atoms with Crippen LogP contribution in [0.2, 0.25) is 10.0 Å². The molecule has 1 saturated heterocycles. The number of benzene rings is 1. The number of carbonyl (C=O) groups is 2. The summed E-state index contributed by atoms with van der Waals surface area (Å²) in [5.74, 6) is -0.630. The number of piperidine rings is 1. The first-order chi connectivity index (χ1) is 11.4. The fourth-order valence-corrected chi connectivity index (χ4v) is 4.07. The maximum atomic E-state index is 12.1. The van der Waals surface area contributed by atoms with Gasteiger partial charge < -0.3 is 10.6 Å². The number of amidine groups is 1. The van der Waals surface area contributed by atoms with Crippen molar-refractivity contribution < 1.29 is 9.59 Å². The van der Waals surface area contributed by atoms with E-state index >= 15 is 0 Å². The van der Waals surface area contributed by atoms with Crippen molar-refractivity contribution in [2.45, 2.75) is 12.8 Å². The van der Waals surface area contributed by atoms with E-state index in [-0.39, 0.29) is 17.7 Å². The van der Waals surface area contributed by atoms with Gasteiger partial charge in [-0.25, -0.2) is 0 Å². The van der Waals surface area contributed by atoms with Crippen LogP contribution < -0.4 is 5.73 Å². The van der Waals surface area contributed by atoms with Crippen molar-refractivity contribution in [3.05, 3.63) is 38.7 Å². The van der Waals surface area contributed by atoms with Gasteiger partial charge in [0.25, 0.3) is 5.91 Å². The van der Waals surface area contributed by atoms with Gasteiger partial charge >= 0.3 is 0 Å². The Morgan fingerprint density at radius 1 is 1.33 bits per heavy atom. The third kappa shape index (κ3) is 3.77. The molecule has 0 aliphatic carbocycles. The van der Waals surface area contributed by atoms with Crippen molar-refractivity contribution in [3.8, 4) is 0 Å². The first-order valence-corrected chi connectivity index (χ1v) is 9.03. The molecule has 1 aromatic carbocycles. The summed E-state index contributed by atoms with van der Waals surface area (Å²) in [6.07, 6.45) is 3.09. The quantitative estimate of drug-likeness (QED) is 0.795. The van der Waals surface area contributed by atoms with Crippen molar-refractivity contribution in [3.63, 3.8) is 0 Å². The van der Waals surface area contributed by atoms with Gasteiger partial charge in [-0.1, -0.05) is 29.3 Å². The summed E-state index contributed by atoms with van der Waals surface area (Å²) in [5.41, 5.74) is 6.07. The predicted octanol–water partition coefficient (Wildman–Crippen LogP) is 3.16. The third-order valence-corrected chi connectivity index (χ3v) is 5.63. The Balaban J connectivity index is 1.70. The Bertz CT molecular complexity index is 756. The number of nitrogens with two attached hydrogens (primary N) is 1. The average molecular weight is 384 g/mol. The molecule has 0 bridgehead atoms. The van der Waals surface area contributed by atoms with E-state index in [0.717, 1.165) is 5.56 Å². The minimum absolute atomic E-state index is 0.0909. The van der Waals surface area contributed by atoms with Crippen LogP contribution in [0.25, 0.3) is 6.08 Å². The van der Waals surface area contributed by atoms with Crippen molar-refractivity contribution >= 4 is 58.0 Å². The van der Waals surface area contributed by atoms with Gasteiger partial charge in [0.05, 0.1) is 4.91 Å². The first-order valence-electron chi connectivity index (χ1n) is 7.46. The summed E-state index contributed by atoms with van der Waals surface area (Å²) in [6.45, 7) is 1.34. The number of primary amides is 1. The number of rotatable bonds is 2. The van der Waals surface area contributed by atoms with Crippen LogP contribution in [0.4, 0.5) is 0 Å². The van der Waals surface area contributed by atoms with E-state index in [0.29, 0.717) is 46.0 Å². The molecule has 0 unspecified atom stereocenters. The zero-order valence-electron chi connectivity index (χ0n) is 12.7. The Morgan fingerprint density at radius 3 is 2.67 bits per heavy atom. The molecule has 2 amide bonds. The molecular weight excluding hydrogens is 369 g/mol. The lowest BCUT2D eigenvalue weighted by atomic mass is 9.97. The summed E-state index contributed by atoms with van der Waals surface area (Å²) in [4.78, 5) is 30.0. The minimum Gasteiger partial charge on any atom is -0.369 e. The highest BCUT2D eigenvalue weighted by Crippen LogP contribution is 2.33. The summed E-state index contributed by atoms with van der Waals surface area (Å²) in [7, 11) is 0. The van der Waals surface area contributed by atoms with Crippen LogP contribution in [0, 0.1) is 5.92 Å². The number of likely N-dealkylation sites (tertiary alicyclic amines) is 1. The van der Waals surface area contributed by atoms with E-state index in [2.05, 4.69) is 4.99 Å². The van der Waals surface area contributed by atoms with Gasteiger partial charge in [0, 0.05) is 29.1 Å². The highest BCUT2D eigenvalue weighted by molar-refractivity contribution is 8.18. The summed E-state index contributed by atoms with van der Waals surface area (Å²) >= 11 is 13.3. The van der Waals surface area contributed by atoms with E-state index in [1.807, 2.05) is 4.90 Å². The molecule has 8 heteroatoms. The van der Waals surface area contributed by atoms with Gasteiger partial charge in [0.15, 0.2) is 5.17 Å². The molecule has 1 fully saturated rings. The Hall–Kier alpha value is -1.50. The molecule has 2 aliphatic rings. The normalized spacial score (nSPS) is 20.6. The molecule has 0 atom stereocenters. The number of hydrogen-bond donors (Lipinski definition) is 1. The molecule has 2 aliphatic heterocycles. The molecule has 2 heterocycles. The van der Waals surface area contributed by atoms with Crippen molar-refractivity contribution in [2.75, 3.05) is 13.1 Å². The molecule has 0 spiro atoms. The number of hydrogen-bond acceptors (Lipinski definition) is 4. The molecule has 2 N–H and O–H groups in total. The van der Waals surface area contributed by atoms with E-state index in [1.54, 1.807) is 24.3 Å². The van der Waals surface area contributed by atoms with Gasteiger partial charge in [-0.2, -0.15) is 4.99 Å². The van der Waals surface area contributed by atoms with Crippen LogP contribution in [0.3, 0.4) is 0 Å². The van der Waals surface area contributed by atoms with Crippen LogP contribution in [-0.4, -0.2) is 35.0 Å². The first kappa shape index (κ1) is 17.3. The van der Waals surface area contributed by atoms with Crippen molar-refractivity contribution in [1.29, 1.82) is 0 Å². The summed E-state index contributed by atoms with van der Waals surface area (Å²) < 4.78 is 0. The van der Waals surface area contributed by atoms with E-state index in [4.69, 9.17) is 28.9 Å². The molecule has 3 rings (SSSR count). The third-order valence-electron chi connectivity index (χ3n) is 4.03. The topological polar surface area (TPSA) is 75.8 Å². The Morgan fingerprint density at radius 2 is 2.04 bits per heavy atom. The zero-order valence-corrected chi connectivity index (χ0v) is 15.0. The van der Waals surface area contributed by atoms with Gasteiger partial charge in [-0.05, 0) is 48.4 Å². The second-order valence-electron chi connectivity index (χ2n) is 5.64. The van der Waals surface area contributed by atoms with Gasteiger partial charge in [-0.15, -0.1) is 0 Å². The fourth-order valence-electron chi connectivity index (χ4n) is 2.65. The number of thioether (sulfide) groups is 1. The van der Waals surface area contributed by atoms with Crippen LogP contribution in [-0.2, 0) is 9.59 Å². The second-order valence-corrected chi connectivity index (χ2v) is 7.49. The number of nitrogens with zero attached hydrogens (tertiary/aromatic N) is 2. The number of amides is 2. The zero-order chi connectivity index (χ0) is 17.3. The maximum absolute atomic E-state index is 12.1. The van der Waals surface area contributed by atoms with E-state index in [1.165, 1.54) is 11.8 Å². The molecule has 24 heavy (non-hydrogen) atoms. The second kappa shape index (κ2) is 7.17. The lowest BCUT2D eigenvalue weighted by Crippen LogP contribution is -2.40. The van der Waals surface area contributed by atoms with E-state index in [9.17, 15) is 9.59 Å². The largest absolute Gasteiger partial charge is 0.369 e.